The number of nitrogens with one attached hydrogen (secondary N) is 1. The Hall–Kier alpha value is -1.92. The van der Waals surface area contributed by atoms with Gasteiger partial charge in [-0.25, -0.2) is 0 Å². The lowest BCUT2D eigenvalue weighted by Crippen LogP contribution is -2.34. The van der Waals surface area contributed by atoms with Crippen molar-refractivity contribution in [3.05, 3.63) is 54.1 Å². The summed E-state index contributed by atoms with van der Waals surface area (Å²) in [7, 11) is 0. The minimum absolute atomic E-state index is 0.0607. The summed E-state index contributed by atoms with van der Waals surface area (Å²) in [6.45, 7) is 4.90. The molecule has 6 heteroatoms. The molecule has 142 valence electrons. The third-order valence-electron chi connectivity index (χ3n) is 4.31. The van der Waals surface area contributed by atoms with Crippen LogP contribution in [-0.4, -0.2) is 35.1 Å². The summed E-state index contributed by atoms with van der Waals surface area (Å²) in [5.74, 6) is 0.541. The summed E-state index contributed by atoms with van der Waals surface area (Å²) >= 11 is 3.18. The molecule has 2 amide bonds. The van der Waals surface area contributed by atoms with Crippen LogP contribution < -0.4 is 10.2 Å². The predicted octanol–water partition coefficient (Wildman–Crippen LogP) is 4.58. The zero-order valence-electron chi connectivity index (χ0n) is 15.6. The van der Waals surface area contributed by atoms with E-state index in [9.17, 15) is 9.59 Å². The number of benzene rings is 2. The molecule has 1 N–H and O–H groups in total. The number of thioether (sulfide) groups is 2. The van der Waals surface area contributed by atoms with Crippen molar-refractivity contribution in [2.75, 3.05) is 28.3 Å². The van der Waals surface area contributed by atoms with Gasteiger partial charge < -0.3 is 10.2 Å². The topological polar surface area (TPSA) is 49.4 Å². The Morgan fingerprint density at radius 3 is 2.81 bits per heavy atom. The second-order valence-electron chi connectivity index (χ2n) is 6.64. The van der Waals surface area contributed by atoms with E-state index in [1.54, 1.807) is 0 Å². The zero-order chi connectivity index (χ0) is 19.2. The van der Waals surface area contributed by atoms with Gasteiger partial charge in [0.2, 0.25) is 11.8 Å². The summed E-state index contributed by atoms with van der Waals surface area (Å²) in [5, 5.41) is 3.36. The van der Waals surface area contributed by atoms with E-state index in [0.717, 1.165) is 34.8 Å². The maximum Gasteiger partial charge on any atom is 0.237 e. The number of carbonyl (C=O) groups is 2. The lowest BCUT2D eigenvalue weighted by Gasteiger charge is -2.22. The van der Waals surface area contributed by atoms with E-state index in [1.807, 2.05) is 66.1 Å². The molecule has 2 aromatic carbocycles. The van der Waals surface area contributed by atoms with Gasteiger partial charge in [-0.05, 0) is 43.2 Å². The van der Waals surface area contributed by atoms with E-state index < -0.39 is 0 Å². The Labute approximate surface area is 169 Å². The molecule has 2 aromatic rings. The van der Waals surface area contributed by atoms with Gasteiger partial charge in [-0.15, -0.1) is 23.5 Å². The van der Waals surface area contributed by atoms with E-state index in [2.05, 4.69) is 18.3 Å². The first kappa shape index (κ1) is 19.8. The smallest absolute Gasteiger partial charge is 0.237 e. The Morgan fingerprint density at radius 2 is 2.00 bits per heavy atom. The molecule has 0 saturated carbocycles. The average molecular weight is 401 g/mol. The fourth-order valence-corrected chi connectivity index (χ4v) is 4.78. The van der Waals surface area contributed by atoms with Crippen LogP contribution in [0.25, 0.3) is 0 Å². The molecule has 0 bridgehead atoms. The van der Waals surface area contributed by atoms with E-state index in [0.29, 0.717) is 11.0 Å². The number of rotatable bonds is 5. The van der Waals surface area contributed by atoms with Crippen molar-refractivity contribution < 1.29 is 9.59 Å². The maximum absolute atomic E-state index is 12.8. The molecule has 1 heterocycles. The minimum atomic E-state index is -0.0844. The van der Waals surface area contributed by atoms with Crippen molar-refractivity contribution in [1.82, 2.24) is 0 Å². The second kappa shape index (κ2) is 9.33. The first-order valence-corrected chi connectivity index (χ1v) is 11.1. The SMILES string of the molecule is Cc1cccc(NC(=O)CSCC(=O)N2CCC(C)Sc3ccccc32)c1. The van der Waals surface area contributed by atoms with E-state index in [-0.39, 0.29) is 17.6 Å². The maximum atomic E-state index is 12.8. The number of nitrogens with zero attached hydrogens (tertiary/aromatic N) is 1. The quantitative estimate of drug-likeness (QED) is 0.798. The molecule has 1 atom stereocenters. The number of para-hydroxylation sites is 1. The Morgan fingerprint density at radius 1 is 1.19 bits per heavy atom. The molecule has 0 aliphatic carbocycles. The van der Waals surface area contributed by atoms with Crippen LogP contribution in [0, 0.1) is 6.92 Å². The summed E-state index contributed by atoms with van der Waals surface area (Å²) in [4.78, 5) is 27.9. The van der Waals surface area contributed by atoms with Crippen LogP contribution in [0.15, 0.2) is 53.4 Å². The molecule has 0 aromatic heterocycles. The molecule has 0 fully saturated rings. The van der Waals surface area contributed by atoms with Crippen molar-refractivity contribution in [2.45, 2.75) is 30.4 Å². The lowest BCUT2D eigenvalue weighted by molar-refractivity contribution is -0.116. The number of anilines is 2. The molecular weight excluding hydrogens is 376 g/mol. The first-order valence-electron chi connectivity index (χ1n) is 9.03. The number of carbonyl (C=O) groups excluding carboxylic acids is 2. The van der Waals surface area contributed by atoms with Gasteiger partial charge in [-0.3, -0.25) is 9.59 Å². The third-order valence-corrected chi connectivity index (χ3v) is 6.46. The molecule has 1 aliphatic rings. The molecule has 27 heavy (non-hydrogen) atoms. The van der Waals surface area contributed by atoms with Gasteiger partial charge in [0.05, 0.1) is 17.2 Å². The van der Waals surface area contributed by atoms with Crippen LogP contribution in [0.5, 0.6) is 0 Å². The van der Waals surface area contributed by atoms with Gasteiger partial charge in [0.1, 0.15) is 0 Å². The van der Waals surface area contributed by atoms with Gasteiger partial charge >= 0.3 is 0 Å². The highest BCUT2D eigenvalue weighted by atomic mass is 32.2. The predicted molar refractivity (Wildman–Crippen MR) is 116 cm³/mol. The number of amides is 2. The standard InChI is InChI=1S/C21H24N2O2S2/c1-15-6-5-7-17(12-15)22-20(24)13-26-14-21(25)23-11-10-16(2)27-19-9-4-3-8-18(19)23/h3-9,12,16H,10-11,13-14H2,1-2H3,(H,22,24). The largest absolute Gasteiger partial charge is 0.325 e. The molecule has 0 saturated heterocycles. The van der Waals surface area contributed by atoms with Crippen molar-refractivity contribution in [3.8, 4) is 0 Å². The highest BCUT2D eigenvalue weighted by Gasteiger charge is 2.24. The van der Waals surface area contributed by atoms with Gasteiger partial charge in [0.25, 0.3) is 0 Å². The highest BCUT2D eigenvalue weighted by molar-refractivity contribution is 8.00. The van der Waals surface area contributed by atoms with Gasteiger partial charge in [-0.2, -0.15) is 0 Å². The molecule has 4 nitrogen and oxygen atoms in total. The number of hydrogen-bond acceptors (Lipinski definition) is 4. The lowest BCUT2D eigenvalue weighted by atomic mass is 10.2. The van der Waals surface area contributed by atoms with E-state index >= 15 is 0 Å². The average Bonchev–Trinajstić information content (AvgIpc) is 2.79. The number of hydrogen-bond donors (Lipinski definition) is 1. The molecule has 3 rings (SSSR count). The summed E-state index contributed by atoms with van der Waals surface area (Å²) in [5.41, 5.74) is 2.88. The van der Waals surface area contributed by atoms with Crippen LogP contribution in [0.2, 0.25) is 0 Å². The number of aryl methyl sites for hydroxylation is 1. The van der Waals surface area contributed by atoms with Crippen LogP contribution in [0.4, 0.5) is 11.4 Å². The van der Waals surface area contributed by atoms with E-state index in [4.69, 9.17) is 0 Å². The fourth-order valence-electron chi connectivity index (χ4n) is 2.97. The van der Waals surface area contributed by atoms with Gasteiger partial charge in [-0.1, -0.05) is 31.2 Å². The second-order valence-corrected chi connectivity index (χ2v) is 9.11. The summed E-state index contributed by atoms with van der Waals surface area (Å²) < 4.78 is 0. The van der Waals surface area contributed by atoms with E-state index in [1.165, 1.54) is 11.8 Å². The third kappa shape index (κ3) is 5.53. The zero-order valence-corrected chi connectivity index (χ0v) is 17.2. The first-order chi connectivity index (χ1) is 13.0. The Bertz CT molecular complexity index is 825. The molecule has 0 radical (unpaired) electrons. The molecule has 1 unspecified atom stereocenters. The van der Waals surface area contributed by atoms with Crippen molar-refractivity contribution in [1.29, 1.82) is 0 Å². The normalized spacial score (nSPS) is 16.4. The van der Waals surface area contributed by atoms with Gasteiger partial charge in [0.15, 0.2) is 0 Å². The highest BCUT2D eigenvalue weighted by Crippen LogP contribution is 2.37. The Balaban J connectivity index is 1.54. The summed E-state index contributed by atoms with van der Waals surface area (Å²) in [6.07, 6.45) is 0.962. The summed E-state index contributed by atoms with van der Waals surface area (Å²) in [6, 6.07) is 15.8. The minimum Gasteiger partial charge on any atom is -0.325 e. The number of fused-ring (bicyclic) bond motifs is 1. The van der Waals surface area contributed by atoms with Crippen molar-refractivity contribution in [3.63, 3.8) is 0 Å². The van der Waals surface area contributed by atoms with Crippen molar-refractivity contribution >= 4 is 46.7 Å². The van der Waals surface area contributed by atoms with Crippen LogP contribution in [-0.2, 0) is 9.59 Å². The van der Waals surface area contributed by atoms with Crippen molar-refractivity contribution in [2.24, 2.45) is 0 Å². The molecular formula is C21H24N2O2S2. The molecule has 1 aliphatic heterocycles. The van der Waals surface area contributed by atoms with Crippen LogP contribution in [0.1, 0.15) is 18.9 Å². The monoisotopic (exact) mass is 400 g/mol. The Kier molecular flexibility index (Phi) is 6.85. The molecule has 0 spiro atoms. The van der Waals surface area contributed by atoms with Gasteiger partial charge in [0, 0.05) is 22.4 Å². The fraction of sp³-hybridized carbons (Fsp3) is 0.333. The van der Waals surface area contributed by atoms with Crippen LogP contribution >= 0.6 is 23.5 Å². The van der Waals surface area contributed by atoms with Crippen LogP contribution in [0.3, 0.4) is 0 Å².